The van der Waals surface area contributed by atoms with E-state index in [-0.39, 0.29) is 5.41 Å². The molecule has 1 saturated carbocycles. The average Bonchev–Trinajstić information content (AvgIpc) is 3.50. The molecule has 0 bridgehead atoms. The highest BCUT2D eigenvalue weighted by Crippen LogP contribution is 2.47. The molecule has 48 heavy (non-hydrogen) atoms. The monoisotopic (exact) mass is 618 g/mol. The Labute approximate surface area is 282 Å². The molecule has 0 saturated heterocycles. The first-order valence-corrected chi connectivity index (χ1v) is 17.3. The molecular formula is C46H38N2. The van der Waals surface area contributed by atoms with E-state index in [0.717, 1.165) is 11.4 Å². The van der Waals surface area contributed by atoms with E-state index in [2.05, 4.69) is 179 Å². The van der Waals surface area contributed by atoms with Crippen molar-refractivity contribution in [2.75, 3.05) is 4.90 Å². The van der Waals surface area contributed by atoms with Gasteiger partial charge in [0.25, 0.3) is 0 Å². The molecule has 0 amide bonds. The molecule has 0 aliphatic heterocycles. The predicted octanol–water partition coefficient (Wildman–Crippen LogP) is 12.7. The molecule has 0 unspecified atom stereocenters. The predicted molar refractivity (Wildman–Crippen MR) is 203 cm³/mol. The molecular weight excluding hydrogens is 581 g/mol. The van der Waals surface area contributed by atoms with Gasteiger partial charge in [0.05, 0.1) is 16.7 Å². The summed E-state index contributed by atoms with van der Waals surface area (Å²) in [4.78, 5) is 2.45. The first-order chi connectivity index (χ1) is 23.8. The van der Waals surface area contributed by atoms with Gasteiger partial charge in [-0.3, -0.25) is 0 Å². The Balaban J connectivity index is 1.25. The van der Waals surface area contributed by atoms with Crippen LogP contribution in [-0.4, -0.2) is 4.57 Å². The summed E-state index contributed by atoms with van der Waals surface area (Å²) in [6, 6.07) is 62.6. The van der Waals surface area contributed by atoms with Crippen LogP contribution in [0.4, 0.5) is 17.1 Å². The van der Waals surface area contributed by atoms with Crippen molar-refractivity contribution in [2.45, 2.75) is 37.5 Å². The molecule has 1 aliphatic rings. The zero-order valence-electron chi connectivity index (χ0n) is 27.1. The smallest absolute Gasteiger partial charge is 0.0561 e. The second kappa shape index (κ2) is 11.9. The number of para-hydroxylation sites is 2. The SMILES string of the molecule is c1ccc(-n2c3ccccc3c3ccc(N(c4ccc(C5(c6ccccc6)CCCCC5)cc4)c4cccc5ccccc45)cc32)cc1. The summed E-state index contributed by atoms with van der Waals surface area (Å²) in [5.41, 5.74) is 10.0. The summed E-state index contributed by atoms with van der Waals surface area (Å²) in [5.74, 6) is 0. The maximum Gasteiger partial charge on any atom is 0.0561 e. The number of aromatic nitrogens is 1. The Morgan fingerprint density at radius 1 is 0.438 bits per heavy atom. The Bertz CT molecular complexity index is 2360. The van der Waals surface area contributed by atoms with Crippen LogP contribution >= 0.6 is 0 Å². The van der Waals surface area contributed by atoms with Crippen molar-refractivity contribution in [1.29, 1.82) is 0 Å². The molecule has 1 fully saturated rings. The highest BCUT2D eigenvalue weighted by atomic mass is 15.1. The minimum Gasteiger partial charge on any atom is -0.310 e. The van der Waals surface area contributed by atoms with Crippen LogP contribution in [0, 0.1) is 0 Å². The Kier molecular flexibility index (Phi) is 7.08. The first-order valence-electron chi connectivity index (χ1n) is 17.3. The molecule has 232 valence electrons. The van der Waals surface area contributed by atoms with Crippen molar-refractivity contribution in [3.63, 3.8) is 0 Å². The second-order valence-electron chi connectivity index (χ2n) is 13.3. The van der Waals surface area contributed by atoms with Gasteiger partial charge in [-0.25, -0.2) is 0 Å². The Morgan fingerprint density at radius 2 is 1.04 bits per heavy atom. The number of rotatable bonds is 6. The number of nitrogens with zero attached hydrogens (tertiary/aromatic N) is 2. The maximum absolute atomic E-state index is 2.45. The number of hydrogen-bond acceptors (Lipinski definition) is 1. The minimum absolute atomic E-state index is 0.0673. The third-order valence-corrected chi connectivity index (χ3v) is 10.6. The number of fused-ring (bicyclic) bond motifs is 4. The topological polar surface area (TPSA) is 8.17 Å². The highest BCUT2D eigenvalue weighted by molar-refractivity contribution is 6.10. The molecule has 0 spiro atoms. The third-order valence-electron chi connectivity index (χ3n) is 10.6. The number of anilines is 3. The molecule has 9 rings (SSSR count). The second-order valence-corrected chi connectivity index (χ2v) is 13.3. The summed E-state index contributed by atoms with van der Waals surface area (Å²) < 4.78 is 2.41. The van der Waals surface area contributed by atoms with E-state index >= 15 is 0 Å². The average molecular weight is 619 g/mol. The summed E-state index contributed by atoms with van der Waals surface area (Å²) in [7, 11) is 0. The molecule has 1 heterocycles. The van der Waals surface area contributed by atoms with E-state index in [0.29, 0.717) is 0 Å². The minimum atomic E-state index is 0.0673. The van der Waals surface area contributed by atoms with Gasteiger partial charge in [-0.05, 0) is 77.9 Å². The highest BCUT2D eigenvalue weighted by Gasteiger charge is 2.35. The van der Waals surface area contributed by atoms with Gasteiger partial charge in [0.2, 0.25) is 0 Å². The Morgan fingerprint density at radius 3 is 1.83 bits per heavy atom. The standard InChI is InChI=1S/C46H38N2/c1-4-17-35(18-5-1)46(31-12-3-13-32-46)36-25-27-38(28-26-36)47(43-24-14-16-34-15-8-9-21-40(34)43)39-29-30-42-41-22-10-11-23-44(41)48(45(42)33-39)37-19-6-2-7-20-37/h1-2,4-11,14-30,33H,3,12-13,31-32H2. The fourth-order valence-corrected chi connectivity index (χ4v) is 8.37. The van der Waals surface area contributed by atoms with Crippen molar-refractivity contribution in [3.05, 3.63) is 181 Å². The zero-order valence-corrected chi connectivity index (χ0v) is 27.1. The van der Waals surface area contributed by atoms with E-state index in [1.165, 1.54) is 87.2 Å². The lowest BCUT2D eigenvalue weighted by molar-refractivity contribution is 0.346. The fraction of sp³-hybridized carbons (Fsp3) is 0.130. The van der Waals surface area contributed by atoms with Crippen molar-refractivity contribution in [3.8, 4) is 5.69 Å². The van der Waals surface area contributed by atoms with E-state index in [4.69, 9.17) is 0 Å². The van der Waals surface area contributed by atoms with Crippen molar-refractivity contribution in [2.24, 2.45) is 0 Å². The van der Waals surface area contributed by atoms with Crippen LogP contribution in [0.5, 0.6) is 0 Å². The van der Waals surface area contributed by atoms with Gasteiger partial charge in [-0.1, -0.05) is 141 Å². The normalized spacial score (nSPS) is 14.4. The summed E-state index contributed by atoms with van der Waals surface area (Å²) >= 11 is 0. The third kappa shape index (κ3) is 4.71. The molecule has 0 atom stereocenters. The molecule has 1 aliphatic carbocycles. The zero-order chi connectivity index (χ0) is 31.9. The molecule has 2 nitrogen and oxygen atoms in total. The van der Waals surface area contributed by atoms with E-state index in [9.17, 15) is 0 Å². The molecule has 8 aromatic rings. The van der Waals surface area contributed by atoms with Gasteiger partial charge >= 0.3 is 0 Å². The molecule has 2 heteroatoms. The van der Waals surface area contributed by atoms with Gasteiger partial charge < -0.3 is 9.47 Å². The molecule has 0 N–H and O–H groups in total. The molecule has 1 aromatic heterocycles. The largest absolute Gasteiger partial charge is 0.310 e. The number of benzene rings is 7. The van der Waals surface area contributed by atoms with Gasteiger partial charge in [-0.2, -0.15) is 0 Å². The van der Waals surface area contributed by atoms with Crippen molar-refractivity contribution < 1.29 is 0 Å². The fourth-order valence-electron chi connectivity index (χ4n) is 8.37. The lowest BCUT2D eigenvalue weighted by Gasteiger charge is -2.39. The van der Waals surface area contributed by atoms with Crippen LogP contribution in [-0.2, 0) is 5.41 Å². The summed E-state index contributed by atoms with van der Waals surface area (Å²) in [6.45, 7) is 0. The molecule has 0 radical (unpaired) electrons. The van der Waals surface area contributed by atoms with E-state index in [1.807, 2.05) is 0 Å². The molecule has 7 aromatic carbocycles. The summed E-state index contributed by atoms with van der Waals surface area (Å²) in [6.07, 6.45) is 6.26. The van der Waals surface area contributed by atoms with E-state index < -0.39 is 0 Å². The lowest BCUT2D eigenvalue weighted by atomic mass is 9.65. The van der Waals surface area contributed by atoms with Crippen LogP contribution in [0.2, 0.25) is 0 Å². The van der Waals surface area contributed by atoms with Crippen molar-refractivity contribution >= 4 is 49.6 Å². The quantitative estimate of drug-likeness (QED) is 0.180. The van der Waals surface area contributed by atoms with Crippen LogP contribution in [0.1, 0.15) is 43.2 Å². The van der Waals surface area contributed by atoms with Crippen LogP contribution in [0.3, 0.4) is 0 Å². The van der Waals surface area contributed by atoms with Crippen LogP contribution in [0.15, 0.2) is 170 Å². The Hall–Kier alpha value is -5.60. The van der Waals surface area contributed by atoms with Crippen LogP contribution in [0.25, 0.3) is 38.3 Å². The lowest BCUT2D eigenvalue weighted by Crippen LogP contribution is -2.30. The van der Waals surface area contributed by atoms with Gasteiger partial charge in [0.1, 0.15) is 0 Å². The van der Waals surface area contributed by atoms with Crippen molar-refractivity contribution in [1.82, 2.24) is 4.57 Å². The summed E-state index contributed by atoms with van der Waals surface area (Å²) in [5, 5.41) is 5.00. The van der Waals surface area contributed by atoms with Gasteiger partial charge in [-0.15, -0.1) is 0 Å². The van der Waals surface area contributed by atoms with E-state index in [1.54, 1.807) is 0 Å². The van der Waals surface area contributed by atoms with Crippen LogP contribution < -0.4 is 4.90 Å². The maximum atomic E-state index is 2.45. The van der Waals surface area contributed by atoms with Gasteiger partial charge in [0, 0.05) is 38.6 Å². The number of hydrogen-bond donors (Lipinski definition) is 0. The first kappa shape index (κ1) is 28.6. The van der Waals surface area contributed by atoms with Gasteiger partial charge in [0.15, 0.2) is 0 Å².